The Bertz CT molecular complexity index is 172. The summed E-state index contributed by atoms with van der Waals surface area (Å²) >= 11 is 0. The number of allylic oxidation sites excluding steroid dienone is 2. The molecule has 0 nitrogen and oxygen atoms in total. The Morgan fingerprint density at radius 2 is 2.00 bits per heavy atom. The van der Waals surface area contributed by atoms with E-state index >= 15 is 0 Å². The molecule has 0 heteroatoms. The van der Waals surface area contributed by atoms with Gasteiger partial charge in [-0.15, -0.1) is 0 Å². The molecule has 0 N–H and O–H groups in total. The lowest BCUT2D eigenvalue weighted by Crippen LogP contribution is -2.31. The smallest absolute Gasteiger partial charge is 0.00704 e. The molecule has 0 aromatic heterocycles. The lowest BCUT2D eigenvalue weighted by Gasteiger charge is -2.42. The first kappa shape index (κ1) is 9.83. The van der Waals surface area contributed by atoms with Gasteiger partial charge in [0.15, 0.2) is 0 Å². The molecule has 0 saturated heterocycles. The van der Waals surface area contributed by atoms with E-state index in [0.717, 1.165) is 5.92 Å². The predicted molar refractivity (Wildman–Crippen MR) is 55.2 cm³/mol. The van der Waals surface area contributed by atoms with Crippen molar-refractivity contribution >= 4 is 0 Å². The summed E-state index contributed by atoms with van der Waals surface area (Å²) < 4.78 is 0. The van der Waals surface area contributed by atoms with Crippen LogP contribution < -0.4 is 0 Å². The fourth-order valence-corrected chi connectivity index (χ4v) is 2.92. The summed E-state index contributed by atoms with van der Waals surface area (Å²) in [4.78, 5) is 0. The summed E-state index contributed by atoms with van der Waals surface area (Å²) in [6.07, 6.45) is 7.76. The molecule has 0 heterocycles. The van der Waals surface area contributed by atoms with Gasteiger partial charge < -0.3 is 0 Å². The molecule has 70 valence electrons. The molecule has 0 radical (unpaired) electrons. The molecular weight excluding hydrogens is 144 g/mol. The molecule has 0 fully saturated rings. The molecule has 1 atom stereocenters. The summed E-state index contributed by atoms with van der Waals surface area (Å²) in [5.41, 5.74) is 2.18. The van der Waals surface area contributed by atoms with E-state index in [1.54, 1.807) is 5.57 Å². The molecule has 1 aliphatic carbocycles. The lowest BCUT2D eigenvalue weighted by molar-refractivity contribution is 0.185. The Labute approximate surface area is 77.1 Å². The van der Waals surface area contributed by atoms with Crippen LogP contribution >= 0.6 is 0 Å². The van der Waals surface area contributed by atoms with Crippen LogP contribution in [0.4, 0.5) is 0 Å². The maximum atomic E-state index is 2.45. The normalized spacial score (nSPS) is 28.3. The standard InChI is InChI=1S/C12H22/c1-5-12(6-2)10(3)8-7-9-11(12)4/h8,11H,5-7,9H2,1-4H3. The third kappa shape index (κ3) is 1.32. The quantitative estimate of drug-likeness (QED) is 0.540. The molecule has 12 heavy (non-hydrogen) atoms. The third-order valence-electron chi connectivity index (χ3n) is 4.04. The van der Waals surface area contributed by atoms with Crippen LogP contribution in [0.1, 0.15) is 53.4 Å². The van der Waals surface area contributed by atoms with Gasteiger partial charge >= 0.3 is 0 Å². The molecular formula is C12H22. The number of rotatable bonds is 2. The van der Waals surface area contributed by atoms with Crippen molar-refractivity contribution < 1.29 is 0 Å². The van der Waals surface area contributed by atoms with Gasteiger partial charge in [-0.2, -0.15) is 0 Å². The largest absolute Gasteiger partial charge is 0.0850 e. The van der Waals surface area contributed by atoms with E-state index < -0.39 is 0 Å². The minimum absolute atomic E-state index is 0.540. The van der Waals surface area contributed by atoms with Gasteiger partial charge in [0.25, 0.3) is 0 Å². The van der Waals surface area contributed by atoms with Gasteiger partial charge in [0.2, 0.25) is 0 Å². The molecule has 0 aromatic rings. The minimum Gasteiger partial charge on any atom is -0.0850 e. The van der Waals surface area contributed by atoms with Gasteiger partial charge in [0.1, 0.15) is 0 Å². The SMILES string of the molecule is CCC1(CC)C(C)=CCCC1C. The van der Waals surface area contributed by atoms with Crippen LogP contribution in [0, 0.1) is 11.3 Å². The van der Waals surface area contributed by atoms with Gasteiger partial charge in [0.05, 0.1) is 0 Å². The fourth-order valence-electron chi connectivity index (χ4n) is 2.92. The molecule has 0 aliphatic heterocycles. The maximum Gasteiger partial charge on any atom is -0.00704 e. The highest BCUT2D eigenvalue weighted by Crippen LogP contribution is 2.46. The third-order valence-corrected chi connectivity index (χ3v) is 4.04. The van der Waals surface area contributed by atoms with Crippen molar-refractivity contribution in [3.05, 3.63) is 11.6 Å². The number of hydrogen-bond donors (Lipinski definition) is 0. The summed E-state index contributed by atoms with van der Waals surface area (Å²) in [7, 11) is 0. The van der Waals surface area contributed by atoms with Crippen molar-refractivity contribution in [2.45, 2.75) is 53.4 Å². The van der Waals surface area contributed by atoms with E-state index in [2.05, 4.69) is 33.8 Å². The summed E-state index contributed by atoms with van der Waals surface area (Å²) in [5.74, 6) is 0.887. The molecule has 0 saturated carbocycles. The molecule has 0 bridgehead atoms. The molecule has 1 rings (SSSR count). The first-order chi connectivity index (χ1) is 5.67. The maximum absolute atomic E-state index is 2.45. The van der Waals surface area contributed by atoms with Crippen molar-refractivity contribution in [2.24, 2.45) is 11.3 Å². The highest BCUT2D eigenvalue weighted by molar-refractivity contribution is 5.16. The molecule has 0 spiro atoms. The van der Waals surface area contributed by atoms with Crippen LogP contribution in [0.15, 0.2) is 11.6 Å². The van der Waals surface area contributed by atoms with Crippen LogP contribution in [0.5, 0.6) is 0 Å². The monoisotopic (exact) mass is 166 g/mol. The van der Waals surface area contributed by atoms with Crippen LogP contribution in [0.2, 0.25) is 0 Å². The first-order valence-corrected chi connectivity index (χ1v) is 5.34. The van der Waals surface area contributed by atoms with Gasteiger partial charge in [-0.05, 0) is 43.9 Å². The zero-order valence-corrected chi connectivity index (χ0v) is 8.98. The van der Waals surface area contributed by atoms with Crippen molar-refractivity contribution in [1.29, 1.82) is 0 Å². The topological polar surface area (TPSA) is 0 Å². The van der Waals surface area contributed by atoms with E-state index in [1.807, 2.05) is 0 Å². The van der Waals surface area contributed by atoms with E-state index in [0.29, 0.717) is 5.41 Å². The van der Waals surface area contributed by atoms with Crippen LogP contribution in [-0.4, -0.2) is 0 Å². The Morgan fingerprint density at radius 3 is 2.33 bits per heavy atom. The van der Waals surface area contributed by atoms with Gasteiger partial charge in [-0.1, -0.05) is 32.4 Å². The fraction of sp³-hybridized carbons (Fsp3) is 0.833. The van der Waals surface area contributed by atoms with E-state index in [-0.39, 0.29) is 0 Å². The second-order valence-electron chi connectivity index (χ2n) is 4.23. The molecule has 1 aliphatic rings. The summed E-state index contributed by atoms with van der Waals surface area (Å²) in [6.45, 7) is 9.41. The molecule has 0 amide bonds. The van der Waals surface area contributed by atoms with Gasteiger partial charge in [-0.25, -0.2) is 0 Å². The average Bonchev–Trinajstić information content (AvgIpc) is 2.06. The van der Waals surface area contributed by atoms with Crippen molar-refractivity contribution in [2.75, 3.05) is 0 Å². The molecule has 0 aromatic carbocycles. The average molecular weight is 166 g/mol. The van der Waals surface area contributed by atoms with Crippen LogP contribution in [0.3, 0.4) is 0 Å². The van der Waals surface area contributed by atoms with Crippen molar-refractivity contribution in [3.63, 3.8) is 0 Å². The minimum atomic E-state index is 0.540. The zero-order chi connectivity index (χ0) is 9.19. The van der Waals surface area contributed by atoms with Crippen molar-refractivity contribution in [1.82, 2.24) is 0 Å². The Morgan fingerprint density at radius 1 is 1.42 bits per heavy atom. The summed E-state index contributed by atoms with van der Waals surface area (Å²) in [5, 5.41) is 0. The summed E-state index contributed by atoms with van der Waals surface area (Å²) in [6, 6.07) is 0. The second-order valence-corrected chi connectivity index (χ2v) is 4.23. The predicted octanol–water partition coefficient (Wildman–Crippen LogP) is 4.17. The highest BCUT2D eigenvalue weighted by Gasteiger charge is 2.35. The molecule has 1 unspecified atom stereocenters. The van der Waals surface area contributed by atoms with Gasteiger partial charge in [-0.3, -0.25) is 0 Å². The highest BCUT2D eigenvalue weighted by atomic mass is 14.4. The van der Waals surface area contributed by atoms with E-state index in [9.17, 15) is 0 Å². The van der Waals surface area contributed by atoms with Crippen LogP contribution in [-0.2, 0) is 0 Å². The van der Waals surface area contributed by atoms with Crippen LogP contribution in [0.25, 0.3) is 0 Å². The number of hydrogen-bond acceptors (Lipinski definition) is 0. The zero-order valence-electron chi connectivity index (χ0n) is 8.98. The first-order valence-electron chi connectivity index (χ1n) is 5.34. The Kier molecular flexibility index (Phi) is 2.98. The van der Waals surface area contributed by atoms with Gasteiger partial charge in [0, 0.05) is 0 Å². The van der Waals surface area contributed by atoms with E-state index in [4.69, 9.17) is 0 Å². The Hall–Kier alpha value is -0.260. The Balaban J connectivity index is 2.93. The van der Waals surface area contributed by atoms with Crippen molar-refractivity contribution in [3.8, 4) is 0 Å². The lowest BCUT2D eigenvalue weighted by atomic mass is 9.63. The van der Waals surface area contributed by atoms with E-state index in [1.165, 1.54) is 25.7 Å². The second kappa shape index (κ2) is 3.64.